The second-order valence-corrected chi connectivity index (χ2v) is 7.30. The number of nitrogens with two attached hydrogens (primary N) is 1. The van der Waals surface area contributed by atoms with E-state index in [4.69, 9.17) is 11.0 Å². The Labute approximate surface area is 125 Å². The summed E-state index contributed by atoms with van der Waals surface area (Å²) in [6.45, 7) is 3.55. The third kappa shape index (κ3) is 2.84. The highest BCUT2D eigenvalue weighted by molar-refractivity contribution is 7.93. The van der Waals surface area contributed by atoms with Crippen molar-refractivity contribution in [3.05, 3.63) is 40.0 Å². The minimum atomic E-state index is -3.93. The van der Waals surface area contributed by atoms with Crippen LogP contribution in [0.15, 0.2) is 23.1 Å². The summed E-state index contributed by atoms with van der Waals surface area (Å²) in [6.07, 6.45) is 0. The van der Waals surface area contributed by atoms with Gasteiger partial charge in [0.15, 0.2) is 0 Å². The zero-order valence-electron chi connectivity index (χ0n) is 11.3. The van der Waals surface area contributed by atoms with Crippen LogP contribution in [0.1, 0.15) is 16.0 Å². The van der Waals surface area contributed by atoms with Crippen LogP contribution >= 0.6 is 11.3 Å². The van der Waals surface area contributed by atoms with Gasteiger partial charge in [0.2, 0.25) is 0 Å². The van der Waals surface area contributed by atoms with Crippen LogP contribution in [0.2, 0.25) is 0 Å². The molecule has 2 rings (SSSR count). The Hall–Kier alpha value is -2.11. The van der Waals surface area contributed by atoms with E-state index < -0.39 is 15.8 Å². The first-order valence-corrected chi connectivity index (χ1v) is 8.14. The molecule has 0 amide bonds. The van der Waals surface area contributed by atoms with E-state index >= 15 is 0 Å². The van der Waals surface area contributed by atoms with Crippen molar-refractivity contribution in [3.63, 3.8) is 0 Å². The fraction of sp³-hybridized carbons (Fsp3) is 0.154. The van der Waals surface area contributed by atoms with E-state index in [1.165, 1.54) is 11.3 Å². The number of sulfonamides is 1. The summed E-state index contributed by atoms with van der Waals surface area (Å²) < 4.78 is 40.0. The highest BCUT2D eigenvalue weighted by atomic mass is 32.2. The lowest BCUT2D eigenvalue weighted by molar-refractivity contribution is 0.600. The van der Waals surface area contributed by atoms with Gasteiger partial charge < -0.3 is 5.73 Å². The molecule has 0 aliphatic heterocycles. The van der Waals surface area contributed by atoms with Crippen molar-refractivity contribution in [2.24, 2.45) is 0 Å². The Morgan fingerprint density at radius 2 is 2.05 bits per heavy atom. The quantitative estimate of drug-likeness (QED) is 0.848. The molecule has 5 nitrogen and oxygen atoms in total. The van der Waals surface area contributed by atoms with E-state index in [2.05, 4.69) is 4.72 Å². The smallest absolute Gasteiger partial charge is 0.262 e. The van der Waals surface area contributed by atoms with Crippen LogP contribution < -0.4 is 10.5 Å². The van der Waals surface area contributed by atoms with E-state index in [9.17, 15) is 12.8 Å². The van der Waals surface area contributed by atoms with E-state index in [1.54, 1.807) is 13.8 Å². The Bertz CT molecular complexity index is 851. The molecule has 0 aliphatic rings. The molecule has 0 atom stereocenters. The maximum Gasteiger partial charge on any atom is 0.262 e. The number of rotatable bonds is 3. The summed E-state index contributed by atoms with van der Waals surface area (Å²) in [4.78, 5) is 0.692. The average molecular weight is 325 g/mol. The van der Waals surface area contributed by atoms with Crippen molar-refractivity contribution < 1.29 is 12.8 Å². The summed E-state index contributed by atoms with van der Waals surface area (Å²) in [5.41, 5.74) is 6.15. The number of hydrogen-bond donors (Lipinski definition) is 2. The lowest BCUT2D eigenvalue weighted by Crippen LogP contribution is -2.13. The van der Waals surface area contributed by atoms with Crippen molar-refractivity contribution in [1.29, 1.82) is 5.26 Å². The molecule has 0 radical (unpaired) electrons. The fourth-order valence-electron chi connectivity index (χ4n) is 1.70. The first-order chi connectivity index (χ1) is 9.76. The van der Waals surface area contributed by atoms with Gasteiger partial charge in [-0.15, -0.1) is 11.3 Å². The summed E-state index contributed by atoms with van der Waals surface area (Å²) in [5, 5.41) is 9.36. The monoisotopic (exact) mass is 325 g/mol. The molecule has 1 aromatic carbocycles. The van der Waals surface area contributed by atoms with Gasteiger partial charge in [0.25, 0.3) is 10.0 Å². The van der Waals surface area contributed by atoms with Gasteiger partial charge in [0.1, 0.15) is 16.9 Å². The molecule has 0 saturated carbocycles. The van der Waals surface area contributed by atoms with Gasteiger partial charge in [-0.25, -0.2) is 12.8 Å². The van der Waals surface area contributed by atoms with Crippen molar-refractivity contribution in [3.8, 4) is 6.07 Å². The molecule has 0 saturated heterocycles. The zero-order chi connectivity index (χ0) is 15.8. The van der Waals surface area contributed by atoms with Crippen molar-refractivity contribution in [2.45, 2.75) is 18.7 Å². The molecule has 1 aromatic heterocycles. The number of nitrogens with one attached hydrogen (secondary N) is 1. The maximum atomic E-state index is 13.1. The number of nitriles is 1. The topological polar surface area (TPSA) is 96.0 Å². The summed E-state index contributed by atoms with van der Waals surface area (Å²) in [5.74, 6) is -0.686. The first kappa shape index (κ1) is 15.3. The van der Waals surface area contributed by atoms with E-state index in [-0.39, 0.29) is 21.1 Å². The van der Waals surface area contributed by atoms with Gasteiger partial charge in [-0.05, 0) is 37.6 Å². The molecule has 0 unspecified atom stereocenters. The van der Waals surface area contributed by atoms with Gasteiger partial charge in [-0.3, -0.25) is 4.72 Å². The largest absolute Gasteiger partial charge is 0.396 e. The molecule has 0 bridgehead atoms. The average Bonchev–Trinajstić information content (AvgIpc) is 2.66. The first-order valence-electron chi connectivity index (χ1n) is 5.84. The number of halogens is 1. The van der Waals surface area contributed by atoms with Crippen molar-refractivity contribution in [1.82, 2.24) is 0 Å². The Balaban J connectivity index is 2.45. The molecule has 8 heteroatoms. The highest BCUT2D eigenvalue weighted by Crippen LogP contribution is 2.33. The van der Waals surface area contributed by atoms with Gasteiger partial charge in [-0.2, -0.15) is 5.26 Å². The number of anilines is 2. The Morgan fingerprint density at radius 3 is 2.62 bits per heavy atom. The molecule has 3 N–H and O–H groups in total. The molecular formula is C13H12FN3O2S2. The second kappa shape index (κ2) is 5.35. The Kier molecular flexibility index (Phi) is 3.89. The summed E-state index contributed by atoms with van der Waals surface area (Å²) in [6, 6.07) is 5.12. The van der Waals surface area contributed by atoms with Crippen LogP contribution in [-0.2, 0) is 10.0 Å². The minimum Gasteiger partial charge on any atom is -0.396 e. The zero-order valence-corrected chi connectivity index (χ0v) is 12.9. The van der Waals surface area contributed by atoms with Crippen molar-refractivity contribution in [2.75, 3.05) is 10.5 Å². The van der Waals surface area contributed by atoms with E-state index in [0.29, 0.717) is 0 Å². The summed E-state index contributed by atoms with van der Waals surface area (Å²) >= 11 is 1.18. The van der Waals surface area contributed by atoms with Gasteiger partial charge in [0, 0.05) is 4.88 Å². The molecule has 110 valence electrons. The predicted octanol–water partition coefficient (Wildman–Crippen LogP) is 2.76. The maximum absolute atomic E-state index is 13.1. The SMILES string of the molecule is Cc1sc(NS(=O)(=O)c2ccc(F)c(N)c2)c(C#N)c1C. The van der Waals surface area contributed by atoms with Crippen LogP contribution in [-0.4, -0.2) is 8.42 Å². The molecular weight excluding hydrogens is 313 g/mol. The standard InChI is InChI=1S/C13H12FN3O2S2/c1-7-8(2)20-13(10(7)6-15)17-21(18,19)9-3-4-11(14)12(16)5-9/h3-5,17H,16H2,1-2H3. The number of benzene rings is 1. The lowest BCUT2D eigenvalue weighted by Gasteiger charge is -2.07. The Morgan fingerprint density at radius 1 is 1.38 bits per heavy atom. The molecule has 21 heavy (non-hydrogen) atoms. The minimum absolute atomic E-state index is 0.158. The number of nitrogen functional groups attached to an aromatic ring is 1. The van der Waals surface area contributed by atoms with Crippen LogP contribution in [0.5, 0.6) is 0 Å². The summed E-state index contributed by atoms with van der Waals surface area (Å²) in [7, 11) is -3.93. The molecule has 0 aliphatic carbocycles. The van der Waals surface area contributed by atoms with Crippen LogP contribution in [0.3, 0.4) is 0 Å². The van der Waals surface area contributed by atoms with Crippen LogP contribution in [0, 0.1) is 31.0 Å². The highest BCUT2D eigenvalue weighted by Gasteiger charge is 2.20. The number of hydrogen-bond acceptors (Lipinski definition) is 5. The van der Waals surface area contributed by atoms with Crippen molar-refractivity contribution >= 4 is 32.0 Å². The lowest BCUT2D eigenvalue weighted by atomic mass is 10.2. The van der Waals surface area contributed by atoms with E-state index in [1.807, 2.05) is 6.07 Å². The third-order valence-electron chi connectivity index (χ3n) is 3.00. The second-order valence-electron chi connectivity index (χ2n) is 4.39. The number of nitrogens with zero attached hydrogens (tertiary/aromatic N) is 1. The fourth-order valence-corrected chi connectivity index (χ4v) is 4.05. The normalized spacial score (nSPS) is 11.1. The molecule has 0 spiro atoms. The van der Waals surface area contributed by atoms with Crippen LogP contribution in [0.4, 0.5) is 15.1 Å². The number of aryl methyl sites for hydroxylation is 1. The van der Waals surface area contributed by atoms with E-state index in [0.717, 1.165) is 28.6 Å². The van der Waals surface area contributed by atoms with Gasteiger partial charge in [-0.1, -0.05) is 0 Å². The molecule has 1 heterocycles. The van der Waals surface area contributed by atoms with Crippen LogP contribution in [0.25, 0.3) is 0 Å². The predicted molar refractivity (Wildman–Crippen MR) is 80.1 cm³/mol. The van der Waals surface area contributed by atoms with Gasteiger partial charge in [0.05, 0.1) is 16.1 Å². The number of thiophene rings is 1. The van der Waals surface area contributed by atoms with Gasteiger partial charge >= 0.3 is 0 Å². The molecule has 2 aromatic rings. The third-order valence-corrected chi connectivity index (χ3v) is 5.60. The molecule has 0 fully saturated rings.